The van der Waals surface area contributed by atoms with Gasteiger partial charge in [0, 0.05) is 112 Å². The number of aromatic hydroxyl groups is 1. The van der Waals surface area contributed by atoms with Crippen LogP contribution in [-0.2, 0) is 22.4 Å². The number of nitrogens with two attached hydrogens (primary N) is 2. The van der Waals surface area contributed by atoms with Crippen LogP contribution in [-0.4, -0.2) is 171 Å². The minimum absolute atomic E-state index is 0.0707. The lowest BCUT2D eigenvalue weighted by Crippen LogP contribution is -2.52. The van der Waals surface area contributed by atoms with Crippen molar-refractivity contribution in [1.29, 1.82) is 0 Å². The first-order valence-corrected chi connectivity index (χ1v) is 26.4. The number of unbranched alkanes of at least 4 members (excludes halogenated alkanes) is 2. The van der Waals surface area contributed by atoms with Gasteiger partial charge in [0.1, 0.15) is 29.2 Å². The molecule has 0 saturated carbocycles. The lowest BCUT2D eigenvalue weighted by molar-refractivity contribution is -0.136. The van der Waals surface area contributed by atoms with E-state index in [2.05, 4.69) is 25.9 Å². The highest BCUT2D eigenvalue weighted by Gasteiger charge is 2.34. The third-order valence-electron chi connectivity index (χ3n) is 14.0. The number of piperazine rings is 2. The van der Waals surface area contributed by atoms with Gasteiger partial charge in [0.15, 0.2) is 5.43 Å². The Morgan fingerprint density at radius 3 is 1.73 bits per heavy atom. The van der Waals surface area contributed by atoms with Gasteiger partial charge in [0.25, 0.3) is 0 Å². The summed E-state index contributed by atoms with van der Waals surface area (Å²) in [7, 11) is 0. The van der Waals surface area contributed by atoms with E-state index in [9.17, 15) is 39.6 Å². The Bertz CT molecular complexity index is 3140. The molecule has 2 amide bonds. The van der Waals surface area contributed by atoms with Gasteiger partial charge in [-0.15, -0.1) is 10.2 Å². The summed E-state index contributed by atoms with van der Waals surface area (Å²) < 4.78 is 9.18. The number of anilines is 4. The molecule has 9 N–H and O–H groups in total. The molecule has 4 atom stereocenters. The monoisotopic (exact) mass is 1070 g/mol. The van der Waals surface area contributed by atoms with E-state index in [0.29, 0.717) is 155 Å². The molecule has 0 spiro atoms. The van der Waals surface area contributed by atoms with Gasteiger partial charge in [0.2, 0.25) is 29.7 Å². The Balaban J connectivity index is 1.00. The fraction of sp³-hybridized carbons (Fsp3) is 0.453. The van der Waals surface area contributed by atoms with Gasteiger partial charge >= 0.3 is 5.97 Å². The highest BCUT2D eigenvalue weighted by molar-refractivity contribution is 6.08. The van der Waals surface area contributed by atoms with Crippen molar-refractivity contribution in [2.24, 2.45) is 11.5 Å². The van der Waals surface area contributed by atoms with Crippen LogP contribution in [0.1, 0.15) is 86.2 Å². The largest absolute Gasteiger partial charge is 0.508 e. The molecule has 412 valence electrons. The number of nitrogens with one attached hydrogen (secondary N) is 1. The summed E-state index contributed by atoms with van der Waals surface area (Å²) in [4.78, 5) is 76.5. The number of aliphatic hydroxyl groups is 2. The average Bonchev–Trinajstić information content (AvgIpc) is 4.21. The van der Waals surface area contributed by atoms with Crippen LogP contribution >= 0.6 is 0 Å². The Morgan fingerprint density at radius 1 is 0.679 bits per heavy atom. The van der Waals surface area contributed by atoms with Gasteiger partial charge in [-0.3, -0.25) is 14.4 Å². The molecule has 2 fully saturated rings. The van der Waals surface area contributed by atoms with Crippen molar-refractivity contribution in [2.75, 3.05) is 80.6 Å². The number of amides is 2. The number of carbonyl (C=O) groups excluding carboxylic acids is 2. The zero-order chi connectivity index (χ0) is 55.0. The molecule has 0 bridgehead atoms. The van der Waals surface area contributed by atoms with Crippen LogP contribution in [0.2, 0.25) is 0 Å². The third-order valence-corrected chi connectivity index (χ3v) is 14.0. The number of carboxylic acids is 1. The predicted molar refractivity (Wildman–Crippen MR) is 289 cm³/mol. The van der Waals surface area contributed by atoms with E-state index in [1.54, 1.807) is 69.7 Å². The molecule has 25 heteroatoms. The number of phenols is 1. The number of hydrogen-bond donors (Lipinski definition) is 7. The van der Waals surface area contributed by atoms with Crippen LogP contribution in [0, 0.1) is 0 Å². The number of carbonyl (C=O) groups is 3. The van der Waals surface area contributed by atoms with Crippen molar-refractivity contribution in [3.8, 4) is 28.2 Å². The number of aliphatic hydroxyl groups excluding tert-OH is 2. The molecule has 2 unspecified atom stereocenters. The molecule has 2 saturated heterocycles. The molecule has 78 heavy (non-hydrogen) atoms. The Labute approximate surface area is 448 Å². The van der Waals surface area contributed by atoms with E-state index in [-0.39, 0.29) is 45.8 Å². The highest BCUT2D eigenvalue weighted by atomic mass is 16.4. The fourth-order valence-electron chi connectivity index (χ4n) is 10.1. The highest BCUT2D eigenvalue weighted by Crippen LogP contribution is 2.43. The van der Waals surface area contributed by atoms with E-state index >= 15 is 0 Å². The zero-order valence-corrected chi connectivity index (χ0v) is 43.7. The van der Waals surface area contributed by atoms with Crippen LogP contribution in [0.4, 0.5) is 23.5 Å². The minimum Gasteiger partial charge on any atom is -0.508 e. The van der Waals surface area contributed by atoms with E-state index < -0.39 is 30.3 Å². The lowest BCUT2D eigenvalue weighted by atomic mass is 9.90. The number of fused-ring (bicyclic) bond motifs is 2. The summed E-state index contributed by atoms with van der Waals surface area (Å²) in [5.41, 5.74) is 14.3. The van der Waals surface area contributed by atoms with Crippen LogP contribution in [0.3, 0.4) is 0 Å². The van der Waals surface area contributed by atoms with Crippen LogP contribution in [0.15, 0.2) is 76.2 Å². The first kappa shape index (κ1) is 54.7. The third kappa shape index (κ3) is 12.7. The Morgan fingerprint density at radius 2 is 1.22 bits per heavy atom. The molecule has 0 radical (unpaired) electrons. The first-order chi connectivity index (χ1) is 37.7. The maximum absolute atomic E-state index is 14.3. The molecule has 2 aromatic carbocycles. The van der Waals surface area contributed by atoms with Crippen molar-refractivity contribution in [2.45, 2.75) is 89.5 Å². The fourth-order valence-corrected chi connectivity index (χ4v) is 10.1. The molecule has 3 aromatic heterocycles. The van der Waals surface area contributed by atoms with Gasteiger partial charge in [-0.05, 0) is 107 Å². The summed E-state index contributed by atoms with van der Waals surface area (Å²) in [6.07, 6.45) is 6.67. The zero-order valence-electron chi connectivity index (χ0n) is 43.7. The maximum atomic E-state index is 14.3. The maximum Gasteiger partial charge on any atom is 0.336 e. The lowest BCUT2D eigenvalue weighted by Gasteiger charge is -2.38. The molecule has 3 aliphatic heterocycles. The van der Waals surface area contributed by atoms with Crippen molar-refractivity contribution in [3.05, 3.63) is 94.2 Å². The second-order valence-corrected chi connectivity index (χ2v) is 20.0. The van der Waals surface area contributed by atoms with Crippen molar-refractivity contribution >= 4 is 52.3 Å². The molecule has 6 heterocycles. The SMILES string of the molecule is CC(O)Cc1cn([C@@H](CCCCN)C(=O)N2CCN(c3nc(Nc4ccc(-c5c6ccc(=O)cc-6oc6cc(O)ccc56)c(C(=O)O)c4)nc(N4CCN(C(=O)[C@H](CCCCN)n5cc(CC(C)O)nn5)CC4)n3)CC2)nn1. The average molecular weight is 1070 g/mol. The van der Waals surface area contributed by atoms with E-state index in [4.69, 9.17) is 30.8 Å². The first-order valence-electron chi connectivity index (χ1n) is 26.4. The number of rotatable bonds is 22. The number of carboxylic acid groups (broad SMARTS) is 1. The summed E-state index contributed by atoms with van der Waals surface area (Å²) in [5, 5.41) is 61.8. The number of benzene rings is 3. The number of hydrogen-bond acceptors (Lipinski definition) is 20. The molecule has 1 aliphatic carbocycles. The Hall–Kier alpha value is -8.13. The molecule has 4 aliphatic rings. The number of nitrogens with zero attached hydrogens (tertiary/aromatic N) is 13. The van der Waals surface area contributed by atoms with Crippen LogP contribution in [0.25, 0.3) is 33.4 Å². The number of aromatic nitrogens is 9. The van der Waals surface area contributed by atoms with Crippen molar-refractivity contribution in [3.63, 3.8) is 0 Å². The molecular weight excluding hydrogens is 1000 g/mol. The quantitative estimate of drug-likeness (QED) is 0.0379. The van der Waals surface area contributed by atoms with Gasteiger partial charge < -0.3 is 61.2 Å². The number of phenolic OH excluding ortho intramolecular Hbond substituents is 1. The van der Waals surface area contributed by atoms with Gasteiger partial charge in [-0.1, -0.05) is 16.5 Å². The van der Waals surface area contributed by atoms with E-state index in [1.165, 1.54) is 30.3 Å². The van der Waals surface area contributed by atoms with Crippen molar-refractivity contribution < 1.29 is 39.2 Å². The molecule has 9 rings (SSSR count). The van der Waals surface area contributed by atoms with Gasteiger partial charge in [-0.2, -0.15) is 15.0 Å². The second-order valence-electron chi connectivity index (χ2n) is 20.0. The van der Waals surface area contributed by atoms with Crippen LogP contribution in [0.5, 0.6) is 5.75 Å². The van der Waals surface area contributed by atoms with Gasteiger partial charge in [-0.25, -0.2) is 14.2 Å². The normalized spacial score (nSPS) is 15.7. The summed E-state index contributed by atoms with van der Waals surface area (Å²) in [6.45, 7) is 7.08. The molecular formula is C53H66N16O9. The van der Waals surface area contributed by atoms with Crippen LogP contribution < -0.4 is 32.0 Å². The Kier molecular flexibility index (Phi) is 17.1. The summed E-state index contributed by atoms with van der Waals surface area (Å²) in [6, 6.07) is 12.4. The summed E-state index contributed by atoms with van der Waals surface area (Å²) >= 11 is 0. The topological polar surface area (TPSA) is 339 Å². The predicted octanol–water partition coefficient (Wildman–Crippen LogP) is 2.96. The molecule has 5 aromatic rings. The van der Waals surface area contributed by atoms with E-state index in [1.807, 2.05) is 9.80 Å². The summed E-state index contributed by atoms with van der Waals surface area (Å²) in [5.74, 6) is -0.581. The standard InChI is InChI=1S/C53H66N16O9/c1-32(70)25-35-30-68(62-60-35)43(7-3-5-15-54)48(74)64-17-21-66(22-18-64)52-57-51(58-53(59-52)67-23-19-65(20-24-67)49(75)44(8-4-6-16-55)69-31-36(61-63-69)26-33(2)71)56-34-9-12-39(42(27-34)50(76)77)47-40-13-10-37(72)28-45(40)78-46-29-38(73)11-14-41(46)47/h9-14,27-33,43-44,70-72H,3-8,15-26,54-55H2,1-2H3,(H,76,77)(H,56,57,58,59)/t32?,33?,43-,44-/m0/s1. The van der Waals surface area contributed by atoms with E-state index in [0.717, 1.165) is 12.8 Å². The minimum atomic E-state index is -1.23. The molecule has 25 nitrogen and oxygen atoms in total. The smallest absolute Gasteiger partial charge is 0.336 e. The second kappa shape index (κ2) is 24.5. The van der Waals surface area contributed by atoms with Crippen molar-refractivity contribution in [1.82, 2.24) is 54.7 Å². The number of aromatic carboxylic acids is 1. The van der Waals surface area contributed by atoms with Gasteiger partial charge in [0.05, 0.1) is 29.2 Å².